The van der Waals surface area contributed by atoms with E-state index in [9.17, 15) is 9.59 Å². The van der Waals surface area contributed by atoms with Gasteiger partial charge >= 0.3 is 5.97 Å². The third-order valence-corrected chi connectivity index (χ3v) is 3.54. The van der Waals surface area contributed by atoms with Gasteiger partial charge in [-0.15, -0.1) is 0 Å². The molecule has 0 bridgehead atoms. The van der Waals surface area contributed by atoms with Crippen molar-refractivity contribution in [1.29, 1.82) is 0 Å². The number of carbonyl (C=O) groups is 2. The van der Waals surface area contributed by atoms with E-state index < -0.39 is 17.9 Å². The van der Waals surface area contributed by atoms with Gasteiger partial charge in [-0.25, -0.2) is 4.79 Å². The van der Waals surface area contributed by atoms with E-state index in [1.807, 2.05) is 19.1 Å². The molecule has 0 aliphatic heterocycles. The fraction of sp³-hybridized carbons (Fsp3) is 0.500. The first kappa shape index (κ1) is 22.0. The Balaban J connectivity index is 2.29. The molecular formula is C20H28O6. The van der Waals surface area contributed by atoms with Crippen LogP contribution in [0.25, 0.3) is 0 Å². The van der Waals surface area contributed by atoms with E-state index in [1.165, 1.54) is 0 Å². The number of rotatable bonds is 12. The monoisotopic (exact) mass is 364 g/mol. The molecule has 0 aliphatic rings. The van der Waals surface area contributed by atoms with Crippen molar-refractivity contribution in [3.05, 3.63) is 48.0 Å². The van der Waals surface area contributed by atoms with Crippen molar-refractivity contribution in [1.82, 2.24) is 0 Å². The topological polar surface area (TPSA) is 71.1 Å². The molecular weight excluding hydrogens is 336 g/mol. The Labute approximate surface area is 155 Å². The first-order valence-corrected chi connectivity index (χ1v) is 8.54. The highest BCUT2D eigenvalue weighted by Crippen LogP contribution is 2.20. The molecule has 1 unspecified atom stereocenters. The Morgan fingerprint density at radius 3 is 2.35 bits per heavy atom. The summed E-state index contributed by atoms with van der Waals surface area (Å²) in [5.74, 6) is -0.583. The fourth-order valence-electron chi connectivity index (χ4n) is 2.19. The van der Waals surface area contributed by atoms with Gasteiger partial charge in [0.2, 0.25) is 0 Å². The smallest absolute Gasteiger partial charge is 0.330 e. The summed E-state index contributed by atoms with van der Waals surface area (Å²) >= 11 is 0. The normalized spacial score (nSPS) is 12.5. The molecule has 0 heterocycles. The molecule has 0 saturated carbocycles. The van der Waals surface area contributed by atoms with Gasteiger partial charge in [0, 0.05) is 11.6 Å². The van der Waals surface area contributed by atoms with E-state index in [4.69, 9.17) is 18.9 Å². The van der Waals surface area contributed by atoms with E-state index in [2.05, 4.69) is 6.58 Å². The molecule has 0 aromatic heterocycles. The molecule has 1 aromatic carbocycles. The highest BCUT2D eigenvalue weighted by molar-refractivity contribution is 6.02. The summed E-state index contributed by atoms with van der Waals surface area (Å²) < 4.78 is 21.3. The summed E-state index contributed by atoms with van der Waals surface area (Å²) in [6.45, 7) is 11.5. The van der Waals surface area contributed by atoms with Crippen LogP contribution in [0.3, 0.4) is 0 Å². The fourth-order valence-corrected chi connectivity index (χ4v) is 2.19. The SMILES string of the molecule is C=CC(=O)OCCOCCOC(C)OC(C)(C)C(=O)c1ccc(C)cc1. The number of Topliss-reactive ketones (excluding diaryl/α,β-unsaturated/α-hetero) is 1. The maximum atomic E-state index is 12.6. The molecule has 6 heteroatoms. The number of ether oxygens (including phenoxy) is 4. The van der Waals surface area contributed by atoms with Crippen molar-refractivity contribution >= 4 is 11.8 Å². The third kappa shape index (κ3) is 7.91. The minimum Gasteiger partial charge on any atom is -0.460 e. The first-order valence-electron chi connectivity index (χ1n) is 8.54. The van der Waals surface area contributed by atoms with Crippen molar-refractivity contribution in [2.45, 2.75) is 39.6 Å². The summed E-state index contributed by atoms with van der Waals surface area (Å²) in [7, 11) is 0. The minimum atomic E-state index is -1.01. The Morgan fingerprint density at radius 1 is 1.12 bits per heavy atom. The zero-order chi connectivity index (χ0) is 19.6. The van der Waals surface area contributed by atoms with Gasteiger partial charge < -0.3 is 18.9 Å². The Hall–Kier alpha value is -2.02. The van der Waals surface area contributed by atoms with Crippen LogP contribution in [0.15, 0.2) is 36.9 Å². The number of hydrogen-bond donors (Lipinski definition) is 0. The summed E-state index contributed by atoms with van der Waals surface area (Å²) in [6, 6.07) is 7.38. The van der Waals surface area contributed by atoms with Crippen LogP contribution in [0, 0.1) is 6.92 Å². The van der Waals surface area contributed by atoms with Crippen LogP contribution < -0.4 is 0 Å². The third-order valence-electron chi connectivity index (χ3n) is 3.54. The average molecular weight is 364 g/mol. The number of esters is 1. The van der Waals surface area contributed by atoms with Crippen LogP contribution in [0.2, 0.25) is 0 Å². The molecule has 1 rings (SSSR count). The van der Waals surface area contributed by atoms with Crippen molar-refractivity contribution in [3.63, 3.8) is 0 Å². The van der Waals surface area contributed by atoms with Gasteiger partial charge in [0.1, 0.15) is 12.2 Å². The van der Waals surface area contributed by atoms with Crippen molar-refractivity contribution in [3.8, 4) is 0 Å². The van der Waals surface area contributed by atoms with Gasteiger partial charge in [-0.2, -0.15) is 0 Å². The minimum absolute atomic E-state index is 0.103. The molecule has 1 atom stereocenters. The Bertz CT molecular complexity index is 591. The van der Waals surface area contributed by atoms with Crippen LogP contribution in [0.5, 0.6) is 0 Å². The van der Waals surface area contributed by atoms with Crippen molar-refractivity contribution < 1.29 is 28.5 Å². The van der Waals surface area contributed by atoms with Crippen LogP contribution in [-0.4, -0.2) is 50.1 Å². The Morgan fingerprint density at radius 2 is 1.73 bits per heavy atom. The molecule has 1 aromatic rings. The van der Waals surface area contributed by atoms with E-state index in [0.29, 0.717) is 18.8 Å². The van der Waals surface area contributed by atoms with Crippen LogP contribution >= 0.6 is 0 Å². The summed E-state index contributed by atoms with van der Waals surface area (Å²) in [5, 5.41) is 0. The maximum Gasteiger partial charge on any atom is 0.330 e. The molecule has 0 saturated heterocycles. The summed E-state index contributed by atoms with van der Waals surface area (Å²) in [5.41, 5.74) is 0.690. The lowest BCUT2D eigenvalue weighted by Gasteiger charge is -2.28. The lowest BCUT2D eigenvalue weighted by molar-refractivity contribution is -0.180. The second-order valence-electron chi connectivity index (χ2n) is 6.25. The number of ketones is 1. The van der Waals surface area contributed by atoms with Crippen molar-refractivity contribution in [2.24, 2.45) is 0 Å². The lowest BCUT2D eigenvalue weighted by atomic mass is 9.96. The van der Waals surface area contributed by atoms with E-state index in [1.54, 1.807) is 32.9 Å². The predicted molar refractivity (Wildman–Crippen MR) is 98.1 cm³/mol. The molecule has 144 valence electrons. The van der Waals surface area contributed by atoms with Gasteiger partial charge in [0.25, 0.3) is 0 Å². The molecule has 6 nitrogen and oxygen atoms in total. The van der Waals surface area contributed by atoms with Crippen molar-refractivity contribution in [2.75, 3.05) is 26.4 Å². The van der Waals surface area contributed by atoms with Gasteiger partial charge in [-0.3, -0.25) is 4.79 Å². The largest absolute Gasteiger partial charge is 0.460 e. The van der Waals surface area contributed by atoms with E-state index in [0.717, 1.165) is 11.6 Å². The standard InChI is InChI=1S/C20H28O6/c1-6-18(21)25-14-12-23-11-13-24-16(3)26-20(4,5)19(22)17-9-7-15(2)8-10-17/h6-10,16H,1,11-14H2,2-5H3. The maximum absolute atomic E-state index is 12.6. The van der Waals surface area contributed by atoms with Gasteiger partial charge in [0.15, 0.2) is 12.1 Å². The number of aryl methyl sites for hydroxylation is 1. The quantitative estimate of drug-likeness (QED) is 0.187. The molecule has 0 amide bonds. The number of carbonyl (C=O) groups excluding carboxylic acids is 2. The molecule has 0 spiro atoms. The molecule has 0 radical (unpaired) electrons. The zero-order valence-corrected chi connectivity index (χ0v) is 15.9. The van der Waals surface area contributed by atoms with E-state index in [-0.39, 0.29) is 19.0 Å². The van der Waals surface area contributed by atoms with E-state index >= 15 is 0 Å². The highest BCUT2D eigenvalue weighted by atomic mass is 16.7. The van der Waals surface area contributed by atoms with Gasteiger partial charge in [-0.1, -0.05) is 36.4 Å². The lowest BCUT2D eigenvalue weighted by Crippen LogP contribution is -2.39. The highest BCUT2D eigenvalue weighted by Gasteiger charge is 2.31. The van der Waals surface area contributed by atoms with Crippen LogP contribution in [0.1, 0.15) is 36.7 Å². The summed E-state index contributed by atoms with van der Waals surface area (Å²) in [6.07, 6.45) is 0.531. The van der Waals surface area contributed by atoms with Gasteiger partial charge in [-0.05, 0) is 27.7 Å². The zero-order valence-electron chi connectivity index (χ0n) is 15.9. The van der Waals surface area contributed by atoms with Crippen LogP contribution in [-0.2, 0) is 23.7 Å². The number of hydrogen-bond acceptors (Lipinski definition) is 6. The number of benzene rings is 1. The van der Waals surface area contributed by atoms with Gasteiger partial charge in [0.05, 0.1) is 19.8 Å². The molecule has 0 N–H and O–H groups in total. The molecule has 0 aliphatic carbocycles. The molecule has 26 heavy (non-hydrogen) atoms. The second kappa shape index (κ2) is 10.9. The Kier molecular flexibility index (Phi) is 9.19. The second-order valence-corrected chi connectivity index (χ2v) is 6.25. The average Bonchev–Trinajstić information content (AvgIpc) is 2.60. The summed E-state index contributed by atoms with van der Waals surface area (Å²) in [4.78, 5) is 23.4. The van der Waals surface area contributed by atoms with Crippen LogP contribution in [0.4, 0.5) is 0 Å². The molecule has 0 fully saturated rings. The first-order chi connectivity index (χ1) is 12.3. The predicted octanol–water partition coefficient (Wildman–Crippen LogP) is 3.08.